The summed E-state index contributed by atoms with van der Waals surface area (Å²) in [6.07, 6.45) is 1.71. The lowest BCUT2D eigenvalue weighted by molar-refractivity contribution is 0.148. The molecule has 1 aliphatic heterocycles. The Bertz CT molecular complexity index is 1210. The molecule has 0 amide bonds. The summed E-state index contributed by atoms with van der Waals surface area (Å²) in [4.78, 5) is 4.82. The first-order valence-corrected chi connectivity index (χ1v) is 11.6. The molecule has 2 heterocycles. The first kappa shape index (κ1) is 20.1. The molecule has 0 spiro atoms. The molecule has 1 aliphatic rings. The van der Waals surface area contributed by atoms with Crippen molar-refractivity contribution in [2.24, 2.45) is 0 Å². The van der Waals surface area contributed by atoms with Crippen LogP contribution in [0.2, 0.25) is 0 Å². The molecule has 0 unspecified atom stereocenters. The molecule has 150 valence electrons. The van der Waals surface area contributed by atoms with Crippen molar-refractivity contribution in [2.45, 2.75) is 11.4 Å². The van der Waals surface area contributed by atoms with Crippen molar-refractivity contribution in [3.05, 3.63) is 64.3 Å². The zero-order valence-electron chi connectivity index (χ0n) is 16.0. The lowest BCUT2D eigenvalue weighted by atomic mass is 10.1. The van der Waals surface area contributed by atoms with E-state index < -0.39 is 10.0 Å². The Morgan fingerprint density at radius 3 is 2.52 bits per heavy atom. The van der Waals surface area contributed by atoms with Gasteiger partial charge < -0.3 is 4.90 Å². The van der Waals surface area contributed by atoms with Crippen LogP contribution in [-0.4, -0.2) is 55.4 Å². The van der Waals surface area contributed by atoms with Crippen molar-refractivity contribution < 1.29 is 8.42 Å². The molecule has 1 fully saturated rings. The second-order valence-corrected chi connectivity index (χ2v) is 9.95. The van der Waals surface area contributed by atoms with Gasteiger partial charge in [0.2, 0.25) is 0 Å². The third-order valence-electron chi connectivity index (χ3n) is 5.35. The fourth-order valence-electron chi connectivity index (χ4n) is 3.67. The lowest BCUT2D eigenvalue weighted by Crippen LogP contribution is -2.43. The number of nitriles is 1. The van der Waals surface area contributed by atoms with Gasteiger partial charge in [-0.15, -0.1) is 0 Å². The molecule has 1 aromatic heterocycles. The number of piperazine rings is 1. The van der Waals surface area contributed by atoms with Crippen LogP contribution in [-0.2, 0) is 16.6 Å². The molecular formula is C21H21BrN4O2S. The highest BCUT2D eigenvalue weighted by atomic mass is 79.9. The van der Waals surface area contributed by atoms with Crippen LogP contribution >= 0.6 is 15.9 Å². The van der Waals surface area contributed by atoms with Crippen LogP contribution in [0.3, 0.4) is 0 Å². The molecule has 0 bridgehead atoms. The van der Waals surface area contributed by atoms with Crippen molar-refractivity contribution in [1.82, 2.24) is 13.8 Å². The van der Waals surface area contributed by atoms with Crippen molar-refractivity contribution in [1.29, 1.82) is 5.26 Å². The van der Waals surface area contributed by atoms with Crippen molar-refractivity contribution in [3.63, 3.8) is 0 Å². The molecule has 6 nitrogen and oxygen atoms in total. The fraction of sp³-hybridized carbons (Fsp3) is 0.286. The summed E-state index contributed by atoms with van der Waals surface area (Å²) in [5.74, 6) is 0. The zero-order chi connectivity index (χ0) is 20.6. The molecule has 3 aromatic rings. The van der Waals surface area contributed by atoms with Gasteiger partial charge in [0.05, 0.1) is 17.1 Å². The molecule has 2 aromatic carbocycles. The summed E-state index contributed by atoms with van der Waals surface area (Å²) in [5, 5.41) is 10.1. The minimum absolute atomic E-state index is 0.215. The average Bonchev–Trinajstić information content (AvgIpc) is 3.08. The van der Waals surface area contributed by atoms with Crippen LogP contribution in [0.25, 0.3) is 10.9 Å². The van der Waals surface area contributed by atoms with Crippen LogP contribution in [0.1, 0.15) is 11.1 Å². The Labute approximate surface area is 179 Å². The molecule has 0 radical (unpaired) electrons. The molecule has 1 saturated heterocycles. The number of halogens is 1. The van der Waals surface area contributed by atoms with Crippen LogP contribution in [0.4, 0.5) is 0 Å². The maximum absolute atomic E-state index is 13.4. The number of hydrogen-bond donors (Lipinski definition) is 0. The van der Waals surface area contributed by atoms with E-state index in [1.54, 1.807) is 48.7 Å². The SMILES string of the molecule is CN1CCN(Cc2cn(S(=O)(=O)c3ccccc3Br)c3ccc(C#N)cc23)CC1. The Balaban J connectivity index is 1.83. The molecule has 0 saturated carbocycles. The Morgan fingerprint density at radius 2 is 1.83 bits per heavy atom. The minimum atomic E-state index is -3.78. The smallest absolute Gasteiger partial charge is 0.269 e. The third kappa shape index (κ3) is 3.83. The molecule has 0 atom stereocenters. The topological polar surface area (TPSA) is 69.3 Å². The number of benzene rings is 2. The van der Waals surface area contributed by atoms with Gasteiger partial charge in [0.25, 0.3) is 10.0 Å². The van der Waals surface area contributed by atoms with E-state index in [1.165, 1.54) is 3.97 Å². The van der Waals surface area contributed by atoms with Crippen LogP contribution in [0.15, 0.2) is 58.0 Å². The van der Waals surface area contributed by atoms with Gasteiger partial charge in [0.15, 0.2) is 0 Å². The van der Waals surface area contributed by atoms with E-state index in [1.807, 2.05) is 0 Å². The normalized spacial score (nSPS) is 16.2. The minimum Gasteiger partial charge on any atom is -0.304 e. The van der Waals surface area contributed by atoms with Gasteiger partial charge in [-0.3, -0.25) is 4.90 Å². The van der Waals surface area contributed by atoms with Crippen molar-refractivity contribution in [2.75, 3.05) is 33.2 Å². The van der Waals surface area contributed by atoms with E-state index in [4.69, 9.17) is 0 Å². The summed E-state index contributed by atoms with van der Waals surface area (Å²) >= 11 is 3.36. The highest BCUT2D eigenvalue weighted by Crippen LogP contribution is 2.30. The maximum atomic E-state index is 13.4. The highest BCUT2D eigenvalue weighted by Gasteiger charge is 2.24. The van der Waals surface area contributed by atoms with Gasteiger partial charge >= 0.3 is 0 Å². The number of aromatic nitrogens is 1. The van der Waals surface area contributed by atoms with E-state index in [9.17, 15) is 13.7 Å². The molecule has 29 heavy (non-hydrogen) atoms. The summed E-state index contributed by atoms with van der Waals surface area (Å²) in [6, 6.07) is 14.1. The van der Waals surface area contributed by atoms with Crippen LogP contribution in [0.5, 0.6) is 0 Å². The quantitative estimate of drug-likeness (QED) is 0.582. The van der Waals surface area contributed by atoms with Gasteiger partial charge in [-0.1, -0.05) is 12.1 Å². The largest absolute Gasteiger partial charge is 0.304 e. The molecule has 8 heteroatoms. The van der Waals surface area contributed by atoms with Crippen LogP contribution < -0.4 is 0 Å². The second kappa shape index (κ2) is 7.92. The Morgan fingerprint density at radius 1 is 1.10 bits per heavy atom. The van der Waals surface area contributed by atoms with E-state index in [2.05, 4.69) is 38.8 Å². The average molecular weight is 473 g/mol. The number of hydrogen-bond acceptors (Lipinski definition) is 5. The van der Waals surface area contributed by atoms with Crippen molar-refractivity contribution in [3.8, 4) is 6.07 Å². The Kier molecular flexibility index (Phi) is 5.49. The number of rotatable bonds is 4. The fourth-order valence-corrected chi connectivity index (χ4v) is 6.03. The molecular weight excluding hydrogens is 452 g/mol. The van der Waals surface area contributed by atoms with Gasteiger partial charge in [0, 0.05) is 48.8 Å². The summed E-state index contributed by atoms with van der Waals surface area (Å²) in [5.41, 5.74) is 2.02. The van der Waals surface area contributed by atoms with Gasteiger partial charge in [-0.05, 0) is 58.9 Å². The zero-order valence-corrected chi connectivity index (χ0v) is 18.4. The summed E-state index contributed by atoms with van der Waals surface area (Å²) in [6.45, 7) is 4.47. The number of nitrogens with zero attached hydrogens (tertiary/aromatic N) is 4. The predicted octanol–water partition coefficient (Wildman–Crippen LogP) is 3.26. The molecule has 0 aliphatic carbocycles. The monoisotopic (exact) mass is 472 g/mol. The number of fused-ring (bicyclic) bond motifs is 1. The van der Waals surface area contributed by atoms with Gasteiger partial charge in [-0.25, -0.2) is 12.4 Å². The van der Waals surface area contributed by atoms with E-state index in [0.717, 1.165) is 37.1 Å². The summed E-state index contributed by atoms with van der Waals surface area (Å²) < 4.78 is 28.7. The van der Waals surface area contributed by atoms with E-state index >= 15 is 0 Å². The standard InChI is InChI=1S/C21H21BrN4O2S/c1-24-8-10-25(11-9-24)14-17-15-26(20-7-6-16(13-23)12-18(17)20)29(27,28)21-5-3-2-4-19(21)22/h2-7,12,15H,8-11,14H2,1H3. The lowest BCUT2D eigenvalue weighted by Gasteiger charge is -2.32. The van der Waals surface area contributed by atoms with E-state index in [-0.39, 0.29) is 4.90 Å². The third-order valence-corrected chi connectivity index (χ3v) is 8.03. The maximum Gasteiger partial charge on any atom is 0.269 e. The predicted molar refractivity (Wildman–Crippen MR) is 116 cm³/mol. The first-order valence-electron chi connectivity index (χ1n) is 9.35. The van der Waals surface area contributed by atoms with Gasteiger partial charge in [0.1, 0.15) is 4.90 Å². The molecule has 0 N–H and O–H groups in total. The Hall–Kier alpha value is -2.18. The first-order chi connectivity index (χ1) is 13.9. The second-order valence-electron chi connectivity index (χ2n) is 7.31. The van der Waals surface area contributed by atoms with Crippen LogP contribution in [0, 0.1) is 11.3 Å². The summed E-state index contributed by atoms with van der Waals surface area (Å²) in [7, 11) is -1.68. The number of likely N-dealkylation sites (N-methyl/N-ethyl adjacent to an activating group) is 1. The van der Waals surface area contributed by atoms with E-state index in [0.29, 0.717) is 22.1 Å². The highest BCUT2D eigenvalue weighted by molar-refractivity contribution is 9.10. The van der Waals surface area contributed by atoms with Gasteiger partial charge in [-0.2, -0.15) is 5.26 Å². The van der Waals surface area contributed by atoms with Crippen molar-refractivity contribution >= 4 is 36.9 Å². The molecule has 4 rings (SSSR count).